The lowest BCUT2D eigenvalue weighted by Crippen LogP contribution is -1.98. The standard InChI is InChI=1S/C16H16N2OS/c19-16(9-8-15-7-4-10-20-15)13-11-17-18(12-13)14-5-2-1-3-6-14/h1-7,10-12,16,19H,8-9H2. The second-order valence-corrected chi connectivity index (χ2v) is 5.72. The van der Waals surface area contributed by atoms with E-state index in [4.69, 9.17) is 0 Å². The first kappa shape index (κ1) is 13.1. The fraction of sp³-hybridized carbons (Fsp3) is 0.188. The molecule has 2 heterocycles. The lowest BCUT2D eigenvalue weighted by Gasteiger charge is -2.06. The number of aromatic nitrogens is 2. The summed E-state index contributed by atoms with van der Waals surface area (Å²) in [4.78, 5) is 1.31. The van der Waals surface area contributed by atoms with Gasteiger partial charge in [-0.1, -0.05) is 24.3 Å². The second-order valence-electron chi connectivity index (χ2n) is 4.69. The number of hydrogen-bond donors (Lipinski definition) is 1. The van der Waals surface area contributed by atoms with Gasteiger partial charge < -0.3 is 5.11 Å². The van der Waals surface area contributed by atoms with Gasteiger partial charge in [0.1, 0.15) is 0 Å². The number of thiophene rings is 1. The zero-order valence-corrected chi connectivity index (χ0v) is 11.8. The fourth-order valence-electron chi connectivity index (χ4n) is 2.13. The van der Waals surface area contributed by atoms with Crippen LogP contribution in [0.2, 0.25) is 0 Å². The highest BCUT2D eigenvalue weighted by Crippen LogP contribution is 2.21. The molecule has 4 heteroatoms. The Morgan fingerprint density at radius 3 is 2.75 bits per heavy atom. The highest BCUT2D eigenvalue weighted by molar-refractivity contribution is 7.09. The molecule has 0 aliphatic rings. The quantitative estimate of drug-likeness (QED) is 0.777. The topological polar surface area (TPSA) is 38.1 Å². The number of aliphatic hydroxyl groups excluding tert-OH is 1. The number of aryl methyl sites for hydroxylation is 1. The van der Waals surface area contributed by atoms with E-state index in [0.29, 0.717) is 0 Å². The highest BCUT2D eigenvalue weighted by Gasteiger charge is 2.11. The van der Waals surface area contributed by atoms with E-state index in [0.717, 1.165) is 24.1 Å². The number of aliphatic hydroxyl groups is 1. The van der Waals surface area contributed by atoms with Gasteiger partial charge in [-0.2, -0.15) is 5.10 Å². The average molecular weight is 284 g/mol. The van der Waals surface area contributed by atoms with Crippen LogP contribution in [0.25, 0.3) is 5.69 Å². The zero-order valence-electron chi connectivity index (χ0n) is 11.0. The Balaban J connectivity index is 1.67. The Labute approximate surface area is 122 Å². The molecule has 1 atom stereocenters. The van der Waals surface area contributed by atoms with Crippen LogP contribution in [0.1, 0.15) is 23.0 Å². The van der Waals surface area contributed by atoms with Gasteiger partial charge in [-0.15, -0.1) is 11.3 Å². The molecule has 0 fully saturated rings. The molecule has 0 aliphatic heterocycles. The monoisotopic (exact) mass is 284 g/mol. The van der Waals surface area contributed by atoms with Gasteiger partial charge in [0.15, 0.2) is 0 Å². The molecule has 0 saturated carbocycles. The molecule has 3 aromatic rings. The molecule has 20 heavy (non-hydrogen) atoms. The summed E-state index contributed by atoms with van der Waals surface area (Å²) in [5, 5.41) is 16.6. The van der Waals surface area contributed by atoms with Gasteiger partial charge in [-0.25, -0.2) is 4.68 Å². The molecular formula is C16H16N2OS. The molecule has 0 amide bonds. The van der Waals surface area contributed by atoms with Crippen LogP contribution in [0.3, 0.4) is 0 Å². The Morgan fingerprint density at radius 1 is 1.15 bits per heavy atom. The minimum absolute atomic E-state index is 0.463. The molecule has 3 nitrogen and oxygen atoms in total. The number of para-hydroxylation sites is 1. The van der Waals surface area contributed by atoms with Crippen molar-refractivity contribution >= 4 is 11.3 Å². The molecule has 0 saturated heterocycles. The van der Waals surface area contributed by atoms with Crippen molar-refractivity contribution < 1.29 is 5.11 Å². The maximum Gasteiger partial charge on any atom is 0.0824 e. The van der Waals surface area contributed by atoms with E-state index in [1.807, 2.05) is 42.6 Å². The molecule has 1 unspecified atom stereocenters. The molecular weight excluding hydrogens is 268 g/mol. The van der Waals surface area contributed by atoms with E-state index in [9.17, 15) is 5.11 Å². The van der Waals surface area contributed by atoms with Crippen molar-refractivity contribution in [2.75, 3.05) is 0 Å². The van der Waals surface area contributed by atoms with Gasteiger partial charge in [0.05, 0.1) is 18.0 Å². The second kappa shape index (κ2) is 6.03. The van der Waals surface area contributed by atoms with Crippen molar-refractivity contribution in [3.05, 3.63) is 70.7 Å². The molecule has 1 aromatic carbocycles. The first-order valence-corrected chi connectivity index (χ1v) is 7.51. The van der Waals surface area contributed by atoms with E-state index in [1.165, 1.54) is 4.88 Å². The summed E-state index contributed by atoms with van der Waals surface area (Å²) in [5.41, 5.74) is 1.87. The van der Waals surface area contributed by atoms with Crippen molar-refractivity contribution in [2.45, 2.75) is 18.9 Å². The molecule has 2 aromatic heterocycles. The Kier molecular flexibility index (Phi) is 3.95. The summed E-state index contributed by atoms with van der Waals surface area (Å²) < 4.78 is 1.80. The van der Waals surface area contributed by atoms with Crippen LogP contribution in [0.4, 0.5) is 0 Å². The Bertz CT molecular complexity index is 646. The molecule has 102 valence electrons. The minimum Gasteiger partial charge on any atom is -0.388 e. The normalized spacial score (nSPS) is 12.4. The number of hydrogen-bond acceptors (Lipinski definition) is 3. The van der Waals surface area contributed by atoms with Gasteiger partial charge in [-0.05, 0) is 36.4 Å². The third kappa shape index (κ3) is 2.98. The van der Waals surface area contributed by atoms with Crippen LogP contribution >= 0.6 is 11.3 Å². The first-order valence-electron chi connectivity index (χ1n) is 6.63. The fourth-order valence-corrected chi connectivity index (χ4v) is 2.86. The van der Waals surface area contributed by atoms with Gasteiger partial charge in [0.2, 0.25) is 0 Å². The van der Waals surface area contributed by atoms with E-state index >= 15 is 0 Å². The molecule has 0 bridgehead atoms. The van der Waals surface area contributed by atoms with Crippen molar-refractivity contribution in [3.8, 4) is 5.69 Å². The van der Waals surface area contributed by atoms with E-state index in [2.05, 4.69) is 16.5 Å². The number of benzene rings is 1. The largest absolute Gasteiger partial charge is 0.388 e. The maximum absolute atomic E-state index is 10.2. The zero-order chi connectivity index (χ0) is 13.8. The SMILES string of the molecule is OC(CCc1cccs1)c1cnn(-c2ccccc2)c1. The molecule has 3 rings (SSSR count). The predicted octanol–water partition coefficient (Wildman–Crippen LogP) is 3.60. The van der Waals surface area contributed by atoms with Crippen molar-refractivity contribution in [1.82, 2.24) is 9.78 Å². The van der Waals surface area contributed by atoms with Crippen LogP contribution in [0, 0.1) is 0 Å². The summed E-state index contributed by atoms with van der Waals surface area (Å²) >= 11 is 1.73. The average Bonchev–Trinajstić information content (AvgIpc) is 3.17. The number of nitrogens with zero attached hydrogens (tertiary/aromatic N) is 2. The Morgan fingerprint density at radius 2 is 2.00 bits per heavy atom. The molecule has 1 N–H and O–H groups in total. The molecule has 0 spiro atoms. The van der Waals surface area contributed by atoms with Crippen molar-refractivity contribution in [3.63, 3.8) is 0 Å². The summed E-state index contributed by atoms with van der Waals surface area (Å²) in [5.74, 6) is 0. The predicted molar refractivity (Wildman–Crippen MR) is 81.2 cm³/mol. The van der Waals surface area contributed by atoms with Gasteiger partial charge in [0, 0.05) is 16.6 Å². The smallest absolute Gasteiger partial charge is 0.0824 e. The van der Waals surface area contributed by atoms with Gasteiger partial charge in [0.25, 0.3) is 0 Å². The van der Waals surface area contributed by atoms with E-state index in [-0.39, 0.29) is 0 Å². The van der Waals surface area contributed by atoms with E-state index in [1.54, 1.807) is 22.2 Å². The number of rotatable bonds is 5. The highest BCUT2D eigenvalue weighted by atomic mass is 32.1. The third-order valence-electron chi connectivity index (χ3n) is 3.25. The summed E-state index contributed by atoms with van der Waals surface area (Å²) in [6, 6.07) is 14.1. The lowest BCUT2D eigenvalue weighted by molar-refractivity contribution is 0.168. The summed E-state index contributed by atoms with van der Waals surface area (Å²) in [6.07, 6.45) is 4.80. The van der Waals surface area contributed by atoms with Crippen LogP contribution in [0.15, 0.2) is 60.2 Å². The summed E-state index contributed by atoms with van der Waals surface area (Å²) in [7, 11) is 0. The summed E-state index contributed by atoms with van der Waals surface area (Å²) in [6.45, 7) is 0. The minimum atomic E-state index is -0.463. The lowest BCUT2D eigenvalue weighted by atomic mass is 10.1. The van der Waals surface area contributed by atoms with Crippen LogP contribution in [-0.2, 0) is 6.42 Å². The van der Waals surface area contributed by atoms with Crippen LogP contribution in [-0.4, -0.2) is 14.9 Å². The van der Waals surface area contributed by atoms with Crippen LogP contribution in [0.5, 0.6) is 0 Å². The Hall–Kier alpha value is -1.91. The molecule has 0 radical (unpaired) electrons. The van der Waals surface area contributed by atoms with Gasteiger partial charge >= 0.3 is 0 Å². The van der Waals surface area contributed by atoms with E-state index < -0.39 is 6.10 Å². The molecule has 0 aliphatic carbocycles. The van der Waals surface area contributed by atoms with Crippen molar-refractivity contribution in [2.24, 2.45) is 0 Å². The van der Waals surface area contributed by atoms with Gasteiger partial charge in [-0.3, -0.25) is 0 Å². The maximum atomic E-state index is 10.2. The van der Waals surface area contributed by atoms with Crippen molar-refractivity contribution in [1.29, 1.82) is 0 Å². The third-order valence-corrected chi connectivity index (χ3v) is 4.19. The van der Waals surface area contributed by atoms with Crippen LogP contribution < -0.4 is 0 Å². The first-order chi connectivity index (χ1) is 9.83.